The fourth-order valence-corrected chi connectivity index (χ4v) is 3.42. The number of carbonyl (C=O) groups excluding carboxylic acids is 1. The first-order valence-electron chi connectivity index (χ1n) is 9.48. The lowest BCUT2D eigenvalue weighted by Crippen LogP contribution is -2.30. The molecule has 144 valence electrons. The number of rotatable bonds is 5. The van der Waals surface area contributed by atoms with E-state index in [2.05, 4.69) is 20.5 Å². The highest BCUT2D eigenvalue weighted by Gasteiger charge is 2.14. The number of hydrogen-bond acceptors (Lipinski definition) is 5. The van der Waals surface area contributed by atoms with Crippen LogP contribution in [0.5, 0.6) is 0 Å². The van der Waals surface area contributed by atoms with Crippen LogP contribution >= 0.6 is 0 Å². The molecule has 0 fully saturated rings. The molecule has 0 radical (unpaired) electrons. The molecule has 0 saturated carbocycles. The van der Waals surface area contributed by atoms with E-state index < -0.39 is 0 Å². The van der Waals surface area contributed by atoms with Crippen molar-refractivity contribution in [1.82, 2.24) is 24.5 Å². The molecule has 1 aromatic carbocycles. The van der Waals surface area contributed by atoms with Gasteiger partial charge in [0.15, 0.2) is 0 Å². The molecule has 4 rings (SSSR count). The number of amides is 1. The van der Waals surface area contributed by atoms with Crippen molar-refractivity contribution in [2.75, 3.05) is 5.32 Å². The van der Waals surface area contributed by atoms with E-state index in [1.165, 1.54) is 11.0 Å². The summed E-state index contributed by atoms with van der Waals surface area (Å²) in [6.45, 7) is 0.523. The maximum atomic E-state index is 12.4. The van der Waals surface area contributed by atoms with Gasteiger partial charge in [-0.2, -0.15) is 10.2 Å². The van der Waals surface area contributed by atoms with Crippen LogP contribution in [0, 0.1) is 0 Å². The van der Waals surface area contributed by atoms with Crippen LogP contribution in [0.1, 0.15) is 36.1 Å². The molecule has 28 heavy (non-hydrogen) atoms. The third-order valence-corrected chi connectivity index (χ3v) is 4.87. The lowest BCUT2D eigenvalue weighted by molar-refractivity contribution is -0.117. The van der Waals surface area contributed by atoms with E-state index in [4.69, 9.17) is 0 Å². The standard InChI is InChI=1S/C20H22N6O2/c27-19(12-26-20(28)10-16-4-2-1-3-5-18(16)24-26)23-17-8-6-15(7-9-17)11-25-14-21-13-22-25/h6-10,13-14H,1-5,11-12H2,(H,23,27). The molecule has 1 N–H and O–H groups in total. The molecule has 0 spiro atoms. The molecule has 8 heteroatoms. The van der Waals surface area contributed by atoms with Crippen molar-refractivity contribution in [2.45, 2.75) is 45.2 Å². The van der Waals surface area contributed by atoms with Crippen molar-refractivity contribution in [3.63, 3.8) is 0 Å². The van der Waals surface area contributed by atoms with Gasteiger partial charge in [-0.3, -0.25) is 9.59 Å². The van der Waals surface area contributed by atoms with Gasteiger partial charge >= 0.3 is 0 Å². The second-order valence-corrected chi connectivity index (χ2v) is 7.01. The average molecular weight is 378 g/mol. The van der Waals surface area contributed by atoms with Crippen LogP contribution in [-0.2, 0) is 30.7 Å². The molecule has 2 aromatic heterocycles. The smallest absolute Gasteiger partial charge is 0.267 e. The summed E-state index contributed by atoms with van der Waals surface area (Å²) in [5.41, 5.74) is 3.48. The van der Waals surface area contributed by atoms with Crippen molar-refractivity contribution < 1.29 is 4.79 Å². The summed E-state index contributed by atoms with van der Waals surface area (Å²) in [5, 5.41) is 11.3. The number of benzene rings is 1. The van der Waals surface area contributed by atoms with E-state index >= 15 is 0 Å². The maximum Gasteiger partial charge on any atom is 0.267 e. The first-order chi connectivity index (χ1) is 13.7. The predicted octanol–water partition coefficient (Wildman–Crippen LogP) is 1.79. The Labute approximate surface area is 162 Å². The van der Waals surface area contributed by atoms with Crippen molar-refractivity contribution in [3.05, 3.63) is 70.2 Å². The normalized spacial score (nSPS) is 13.6. The number of nitrogens with one attached hydrogen (secondary N) is 1. The lowest BCUT2D eigenvalue weighted by atomic mass is 10.1. The molecular formula is C20H22N6O2. The Morgan fingerprint density at radius 1 is 1.11 bits per heavy atom. The van der Waals surface area contributed by atoms with E-state index in [0.29, 0.717) is 12.2 Å². The van der Waals surface area contributed by atoms with Gasteiger partial charge in [0.05, 0.1) is 12.2 Å². The van der Waals surface area contributed by atoms with Gasteiger partial charge < -0.3 is 5.32 Å². The molecule has 0 unspecified atom stereocenters. The van der Waals surface area contributed by atoms with Gasteiger partial charge in [0.25, 0.3) is 5.56 Å². The highest BCUT2D eigenvalue weighted by Crippen LogP contribution is 2.17. The minimum Gasteiger partial charge on any atom is -0.324 e. The number of carbonyl (C=O) groups is 1. The number of nitrogens with zero attached hydrogens (tertiary/aromatic N) is 5. The molecule has 0 aliphatic heterocycles. The largest absolute Gasteiger partial charge is 0.324 e. The third kappa shape index (κ3) is 4.33. The van der Waals surface area contributed by atoms with Gasteiger partial charge in [0.1, 0.15) is 19.2 Å². The zero-order valence-electron chi connectivity index (χ0n) is 15.5. The van der Waals surface area contributed by atoms with E-state index in [1.54, 1.807) is 17.1 Å². The minimum absolute atomic E-state index is 0.0905. The fraction of sp³-hybridized carbons (Fsp3) is 0.350. The summed E-state index contributed by atoms with van der Waals surface area (Å²) in [6.07, 6.45) is 8.22. The van der Waals surface area contributed by atoms with Crippen LogP contribution in [0.4, 0.5) is 5.69 Å². The number of fused-ring (bicyclic) bond motifs is 1. The second-order valence-electron chi connectivity index (χ2n) is 7.01. The number of hydrogen-bond donors (Lipinski definition) is 1. The molecule has 0 bridgehead atoms. The lowest BCUT2D eigenvalue weighted by Gasteiger charge is -2.10. The highest BCUT2D eigenvalue weighted by atomic mass is 16.2. The topological polar surface area (TPSA) is 94.7 Å². The van der Waals surface area contributed by atoms with Gasteiger partial charge in [-0.15, -0.1) is 0 Å². The van der Waals surface area contributed by atoms with Crippen LogP contribution in [0.25, 0.3) is 0 Å². The first-order valence-corrected chi connectivity index (χ1v) is 9.48. The Bertz CT molecular complexity index is 1010. The van der Waals surface area contributed by atoms with Crippen LogP contribution in [0.15, 0.2) is 47.8 Å². The monoisotopic (exact) mass is 378 g/mol. The molecule has 1 aliphatic rings. The van der Waals surface area contributed by atoms with E-state index in [9.17, 15) is 9.59 Å². The van der Waals surface area contributed by atoms with Crippen molar-refractivity contribution >= 4 is 11.6 Å². The van der Waals surface area contributed by atoms with Crippen LogP contribution in [-0.4, -0.2) is 30.5 Å². The van der Waals surface area contributed by atoms with E-state index in [0.717, 1.165) is 48.9 Å². The summed E-state index contributed by atoms with van der Waals surface area (Å²) >= 11 is 0. The first kappa shape index (κ1) is 18.1. The molecule has 0 saturated heterocycles. The van der Waals surface area contributed by atoms with Crippen molar-refractivity contribution in [1.29, 1.82) is 0 Å². The SMILES string of the molecule is O=C(Cn1nc2c(cc1=O)CCCCC2)Nc1ccc(Cn2cncn2)cc1. The summed E-state index contributed by atoms with van der Waals surface area (Å²) in [4.78, 5) is 28.6. The molecular weight excluding hydrogens is 356 g/mol. The van der Waals surface area contributed by atoms with Crippen molar-refractivity contribution in [2.24, 2.45) is 0 Å². The van der Waals surface area contributed by atoms with E-state index in [-0.39, 0.29) is 18.0 Å². The molecule has 0 atom stereocenters. The fourth-order valence-electron chi connectivity index (χ4n) is 3.42. The van der Waals surface area contributed by atoms with Crippen LogP contribution in [0.2, 0.25) is 0 Å². The molecule has 1 aliphatic carbocycles. The van der Waals surface area contributed by atoms with E-state index in [1.807, 2.05) is 24.3 Å². The van der Waals surface area contributed by atoms with Gasteiger partial charge in [0.2, 0.25) is 5.91 Å². The number of anilines is 1. The zero-order valence-corrected chi connectivity index (χ0v) is 15.5. The zero-order chi connectivity index (χ0) is 19.3. The highest BCUT2D eigenvalue weighted by molar-refractivity contribution is 5.90. The Hall–Kier alpha value is -3.29. The predicted molar refractivity (Wildman–Crippen MR) is 104 cm³/mol. The summed E-state index contributed by atoms with van der Waals surface area (Å²) in [7, 11) is 0. The maximum absolute atomic E-state index is 12.4. The quantitative estimate of drug-likeness (QED) is 0.683. The molecule has 2 heterocycles. The van der Waals surface area contributed by atoms with Gasteiger partial charge in [-0.1, -0.05) is 18.6 Å². The second kappa shape index (κ2) is 8.16. The molecule has 8 nitrogen and oxygen atoms in total. The Morgan fingerprint density at radius 3 is 2.71 bits per heavy atom. The molecule has 3 aromatic rings. The Balaban J connectivity index is 1.40. The summed E-state index contributed by atoms with van der Waals surface area (Å²) in [5.74, 6) is -0.271. The summed E-state index contributed by atoms with van der Waals surface area (Å²) in [6, 6.07) is 9.14. The van der Waals surface area contributed by atoms with Crippen LogP contribution in [0.3, 0.4) is 0 Å². The van der Waals surface area contributed by atoms with Crippen LogP contribution < -0.4 is 10.9 Å². The minimum atomic E-state index is -0.271. The van der Waals surface area contributed by atoms with Gasteiger partial charge in [0, 0.05) is 11.8 Å². The van der Waals surface area contributed by atoms with Crippen molar-refractivity contribution in [3.8, 4) is 0 Å². The third-order valence-electron chi connectivity index (χ3n) is 4.87. The molecule has 1 amide bonds. The summed E-state index contributed by atoms with van der Waals surface area (Å²) < 4.78 is 2.99. The van der Waals surface area contributed by atoms with Gasteiger partial charge in [-0.05, 0) is 48.9 Å². The number of aromatic nitrogens is 5. The Morgan fingerprint density at radius 2 is 1.93 bits per heavy atom. The number of aryl methyl sites for hydroxylation is 2. The average Bonchev–Trinajstić information content (AvgIpc) is 3.09. The Kier molecular flexibility index (Phi) is 5.27. The van der Waals surface area contributed by atoms with Gasteiger partial charge in [-0.25, -0.2) is 14.3 Å².